The fraction of sp³-hybridized carbons (Fsp3) is 0.200. The van der Waals surface area contributed by atoms with Gasteiger partial charge in [0.25, 0.3) is 0 Å². The Morgan fingerprint density at radius 2 is 1.28 bits per heavy atom. The lowest BCUT2D eigenvalue weighted by molar-refractivity contribution is 0.404. The van der Waals surface area contributed by atoms with E-state index in [9.17, 15) is 15.3 Å². The van der Waals surface area contributed by atoms with Crippen LogP contribution in [0.15, 0.2) is 24.3 Å². The normalized spacial score (nSPS) is 10.6. The second-order valence-corrected chi connectivity index (χ2v) is 4.63. The first-order chi connectivity index (χ1) is 8.40. The topological polar surface area (TPSA) is 60.7 Å². The van der Waals surface area contributed by atoms with Crippen LogP contribution in [0.4, 0.5) is 0 Å². The highest BCUT2D eigenvalue weighted by atomic mass is 16.3. The number of rotatable bonds is 1. The summed E-state index contributed by atoms with van der Waals surface area (Å²) in [6, 6.07) is 6.68. The fourth-order valence-electron chi connectivity index (χ4n) is 1.98. The average Bonchev–Trinajstić information content (AvgIpc) is 2.29. The minimum absolute atomic E-state index is 0.0957. The smallest absolute Gasteiger partial charge is 0.165 e. The molecule has 0 amide bonds. The Hall–Kier alpha value is -2.16. The molecule has 18 heavy (non-hydrogen) atoms. The van der Waals surface area contributed by atoms with Gasteiger partial charge in [-0.2, -0.15) is 0 Å². The molecule has 0 radical (unpaired) electrons. The number of phenolic OH excluding ortho intramolecular Hbond substituents is 3. The van der Waals surface area contributed by atoms with Crippen LogP contribution in [0.5, 0.6) is 17.2 Å². The van der Waals surface area contributed by atoms with Gasteiger partial charge in [-0.3, -0.25) is 0 Å². The molecule has 3 heteroatoms. The molecule has 3 N–H and O–H groups in total. The van der Waals surface area contributed by atoms with Gasteiger partial charge in [0.15, 0.2) is 11.5 Å². The molecule has 0 aliphatic rings. The quantitative estimate of drug-likeness (QED) is 0.674. The van der Waals surface area contributed by atoms with Gasteiger partial charge in [-0.05, 0) is 61.7 Å². The molecule has 2 aromatic carbocycles. The molecule has 0 fully saturated rings. The van der Waals surface area contributed by atoms with Crippen molar-refractivity contribution in [2.24, 2.45) is 0 Å². The summed E-state index contributed by atoms with van der Waals surface area (Å²) in [6.45, 7) is 5.66. The second-order valence-electron chi connectivity index (χ2n) is 4.63. The second kappa shape index (κ2) is 4.26. The summed E-state index contributed by atoms with van der Waals surface area (Å²) in [6.07, 6.45) is 0. The molecule has 0 saturated carbocycles. The van der Waals surface area contributed by atoms with E-state index < -0.39 is 0 Å². The number of benzene rings is 2. The lowest BCUT2D eigenvalue weighted by atomic mass is 9.97. The van der Waals surface area contributed by atoms with Crippen molar-refractivity contribution < 1.29 is 15.3 Å². The molecule has 0 spiro atoms. The summed E-state index contributed by atoms with van der Waals surface area (Å²) in [4.78, 5) is 0. The lowest BCUT2D eigenvalue weighted by Crippen LogP contribution is -1.87. The van der Waals surface area contributed by atoms with Gasteiger partial charge in [0, 0.05) is 11.1 Å². The predicted octanol–water partition coefficient (Wildman–Crippen LogP) is 3.40. The van der Waals surface area contributed by atoms with E-state index in [4.69, 9.17) is 0 Å². The van der Waals surface area contributed by atoms with Crippen LogP contribution in [0.1, 0.15) is 16.7 Å². The van der Waals surface area contributed by atoms with Gasteiger partial charge >= 0.3 is 0 Å². The first kappa shape index (κ1) is 12.3. The molecule has 0 unspecified atom stereocenters. The Balaban J connectivity index is 2.73. The molecule has 0 atom stereocenters. The third-order valence-corrected chi connectivity index (χ3v) is 3.14. The highest BCUT2D eigenvalue weighted by molar-refractivity contribution is 5.79. The van der Waals surface area contributed by atoms with Crippen LogP contribution in [0.3, 0.4) is 0 Å². The molecule has 0 aromatic heterocycles. The first-order valence-electron chi connectivity index (χ1n) is 5.73. The molecule has 0 bridgehead atoms. The minimum atomic E-state index is -0.209. The SMILES string of the molecule is Cc1cc(O)c(O)c(-c2cc(C)c(C)cc2O)c1. The van der Waals surface area contributed by atoms with Crippen molar-refractivity contribution in [3.63, 3.8) is 0 Å². The highest BCUT2D eigenvalue weighted by Gasteiger charge is 2.14. The monoisotopic (exact) mass is 244 g/mol. The minimum Gasteiger partial charge on any atom is -0.507 e. The van der Waals surface area contributed by atoms with Crippen molar-refractivity contribution in [3.8, 4) is 28.4 Å². The third kappa shape index (κ3) is 1.99. The van der Waals surface area contributed by atoms with Crippen LogP contribution >= 0.6 is 0 Å². The molecule has 2 aromatic rings. The van der Waals surface area contributed by atoms with Crippen LogP contribution in [0.25, 0.3) is 11.1 Å². The van der Waals surface area contributed by atoms with Gasteiger partial charge in [-0.1, -0.05) is 0 Å². The van der Waals surface area contributed by atoms with Crippen molar-refractivity contribution in [2.75, 3.05) is 0 Å². The molecule has 0 saturated heterocycles. The molecule has 0 aliphatic heterocycles. The molecular formula is C15H16O3. The number of hydrogen-bond acceptors (Lipinski definition) is 3. The van der Waals surface area contributed by atoms with Crippen LogP contribution < -0.4 is 0 Å². The van der Waals surface area contributed by atoms with E-state index >= 15 is 0 Å². The van der Waals surface area contributed by atoms with Gasteiger partial charge in [-0.15, -0.1) is 0 Å². The molecule has 94 valence electrons. The fourth-order valence-corrected chi connectivity index (χ4v) is 1.98. The Kier molecular flexibility index (Phi) is 2.91. The standard InChI is InChI=1S/C15H16O3/c1-8-4-12(15(18)14(17)5-8)11-6-9(2)10(3)7-13(11)16/h4-7,16-18H,1-3H3. The van der Waals surface area contributed by atoms with E-state index in [0.717, 1.165) is 16.7 Å². The number of aromatic hydroxyl groups is 3. The van der Waals surface area contributed by atoms with E-state index in [1.807, 2.05) is 20.8 Å². The van der Waals surface area contributed by atoms with Gasteiger partial charge in [0.2, 0.25) is 0 Å². The summed E-state index contributed by atoms with van der Waals surface area (Å²) in [5, 5.41) is 29.5. The van der Waals surface area contributed by atoms with Gasteiger partial charge in [0.1, 0.15) is 5.75 Å². The van der Waals surface area contributed by atoms with Crippen LogP contribution in [0, 0.1) is 20.8 Å². The van der Waals surface area contributed by atoms with Crippen molar-refractivity contribution in [1.82, 2.24) is 0 Å². The van der Waals surface area contributed by atoms with Crippen molar-refractivity contribution >= 4 is 0 Å². The summed E-state index contributed by atoms with van der Waals surface area (Å²) >= 11 is 0. The van der Waals surface area contributed by atoms with Crippen molar-refractivity contribution in [3.05, 3.63) is 41.0 Å². The maximum absolute atomic E-state index is 9.98. The zero-order valence-corrected chi connectivity index (χ0v) is 10.7. The Bertz CT molecular complexity index is 616. The molecular weight excluding hydrogens is 228 g/mol. The lowest BCUT2D eigenvalue weighted by Gasteiger charge is -2.12. The Morgan fingerprint density at radius 1 is 0.667 bits per heavy atom. The summed E-state index contributed by atoms with van der Waals surface area (Å²) in [5.74, 6) is -0.291. The van der Waals surface area contributed by atoms with Gasteiger partial charge < -0.3 is 15.3 Å². The van der Waals surface area contributed by atoms with E-state index in [2.05, 4.69) is 0 Å². The third-order valence-electron chi connectivity index (χ3n) is 3.14. The number of phenols is 3. The summed E-state index contributed by atoms with van der Waals surface area (Å²) in [7, 11) is 0. The Morgan fingerprint density at radius 3 is 1.94 bits per heavy atom. The summed E-state index contributed by atoms with van der Waals surface area (Å²) < 4.78 is 0. The maximum atomic E-state index is 9.98. The highest BCUT2D eigenvalue weighted by Crippen LogP contribution is 2.41. The molecule has 0 heterocycles. The van der Waals surface area contributed by atoms with Gasteiger partial charge in [0.05, 0.1) is 0 Å². The molecule has 2 rings (SSSR count). The predicted molar refractivity (Wildman–Crippen MR) is 71.1 cm³/mol. The molecule has 0 aliphatic carbocycles. The largest absolute Gasteiger partial charge is 0.507 e. The number of aryl methyl sites for hydroxylation is 3. The maximum Gasteiger partial charge on any atom is 0.165 e. The molecule has 3 nitrogen and oxygen atoms in total. The van der Waals surface area contributed by atoms with Crippen LogP contribution in [0.2, 0.25) is 0 Å². The van der Waals surface area contributed by atoms with Crippen LogP contribution in [-0.4, -0.2) is 15.3 Å². The average molecular weight is 244 g/mol. The van der Waals surface area contributed by atoms with Gasteiger partial charge in [-0.25, -0.2) is 0 Å². The van der Waals surface area contributed by atoms with Crippen molar-refractivity contribution in [1.29, 1.82) is 0 Å². The van der Waals surface area contributed by atoms with E-state index in [1.54, 1.807) is 18.2 Å². The first-order valence-corrected chi connectivity index (χ1v) is 5.73. The van der Waals surface area contributed by atoms with Crippen molar-refractivity contribution in [2.45, 2.75) is 20.8 Å². The zero-order chi connectivity index (χ0) is 13.4. The van der Waals surface area contributed by atoms with Crippen LogP contribution in [-0.2, 0) is 0 Å². The zero-order valence-electron chi connectivity index (χ0n) is 10.7. The van der Waals surface area contributed by atoms with E-state index in [-0.39, 0.29) is 17.2 Å². The Labute approximate surface area is 106 Å². The summed E-state index contributed by atoms with van der Waals surface area (Å²) in [5.41, 5.74) is 3.77. The number of hydrogen-bond donors (Lipinski definition) is 3. The van der Waals surface area contributed by atoms with E-state index in [0.29, 0.717) is 11.1 Å². The van der Waals surface area contributed by atoms with E-state index in [1.165, 1.54) is 6.07 Å².